The van der Waals surface area contributed by atoms with Crippen molar-refractivity contribution in [3.05, 3.63) is 51.9 Å². The molecule has 0 aliphatic heterocycles. The molecule has 37 heavy (non-hydrogen) atoms. The number of hydrogen-bond acceptors (Lipinski definition) is 6. The minimum Gasteiger partial charge on any atom is -0.493 e. The van der Waals surface area contributed by atoms with Gasteiger partial charge in [0.1, 0.15) is 17.9 Å². The van der Waals surface area contributed by atoms with Gasteiger partial charge in [0, 0.05) is 13.0 Å². The summed E-state index contributed by atoms with van der Waals surface area (Å²) in [6.45, 7) is 10.5. The molecule has 0 bridgehead atoms. The lowest BCUT2D eigenvalue weighted by atomic mass is 10.1. The van der Waals surface area contributed by atoms with Gasteiger partial charge in [0.2, 0.25) is 0 Å². The molecule has 0 saturated heterocycles. The maximum Gasteiger partial charge on any atom is 0.383 e. The van der Waals surface area contributed by atoms with E-state index in [1.807, 2.05) is 19.1 Å². The van der Waals surface area contributed by atoms with Gasteiger partial charge in [-0.15, -0.1) is 0 Å². The molecule has 0 fully saturated rings. The van der Waals surface area contributed by atoms with Crippen molar-refractivity contribution in [1.82, 2.24) is 0 Å². The van der Waals surface area contributed by atoms with Gasteiger partial charge >= 0.3 is 11.6 Å². The van der Waals surface area contributed by atoms with Crippen LogP contribution in [0.4, 0.5) is 0 Å². The van der Waals surface area contributed by atoms with Gasteiger partial charge < -0.3 is 18.6 Å². The summed E-state index contributed by atoms with van der Waals surface area (Å²) in [5, 5.41) is 0.547. The Kier molecular flexibility index (Phi) is 13.6. The summed E-state index contributed by atoms with van der Waals surface area (Å²) >= 11 is 0. The first-order valence-corrected chi connectivity index (χ1v) is 13.7. The molecule has 0 spiro atoms. The molecular weight excluding hydrogens is 468 g/mol. The van der Waals surface area contributed by atoms with Crippen LogP contribution >= 0.6 is 0 Å². The number of hydrogen-bond donors (Lipinski definition) is 0. The van der Waals surface area contributed by atoms with Gasteiger partial charge in [-0.3, -0.25) is 4.79 Å². The lowest BCUT2D eigenvalue weighted by Gasteiger charge is -2.13. The predicted molar refractivity (Wildman–Crippen MR) is 150 cm³/mol. The number of ether oxygens (including phenoxy) is 3. The molecule has 0 amide bonds. The zero-order valence-corrected chi connectivity index (χ0v) is 23.3. The fraction of sp³-hybridized carbons (Fsp3) is 0.548. The molecule has 0 aliphatic carbocycles. The molecule has 0 aliphatic rings. The van der Waals surface area contributed by atoms with Crippen LogP contribution in [0.25, 0.3) is 11.0 Å². The fourth-order valence-electron chi connectivity index (χ4n) is 3.98. The van der Waals surface area contributed by atoms with E-state index < -0.39 is 11.6 Å². The van der Waals surface area contributed by atoms with Crippen LogP contribution in [0, 0.1) is 0 Å². The van der Waals surface area contributed by atoms with Crippen LogP contribution < -0.4 is 19.8 Å². The molecule has 2 aromatic rings. The third-order valence-corrected chi connectivity index (χ3v) is 6.06. The van der Waals surface area contributed by atoms with Gasteiger partial charge in [-0.2, -0.15) is 0 Å². The Balaban J connectivity index is 2.06. The van der Waals surface area contributed by atoms with Gasteiger partial charge in [-0.25, -0.2) is 4.79 Å². The molecule has 0 radical (unpaired) electrons. The van der Waals surface area contributed by atoms with Crippen molar-refractivity contribution in [1.29, 1.82) is 0 Å². The average molecular weight is 513 g/mol. The van der Waals surface area contributed by atoms with Gasteiger partial charge in [0.15, 0.2) is 5.75 Å². The number of rotatable bonds is 17. The molecule has 204 valence electrons. The molecular formula is C31H44O6. The van der Waals surface area contributed by atoms with Crippen LogP contribution in [0.5, 0.6) is 17.2 Å². The molecule has 1 aromatic heterocycles. The largest absolute Gasteiger partial charge is 0.493 e. The Morgan fingerprint density at radius 1 is 0.892 bits per heavy atom. The first-order chi connectivity index (χ1) is 17.8. The van der Waals surface area contributed by atoms with Crippen molar-refractivity contribution in [2.75, 3.05) is 13.2 Å². The molecule has 2 rings (SSSR count). The standard InChI is InChI=1S/C31H44O6/c1-6-7-8-9-10-11-12-13-20-34-26-17-18-27-28(22-26)37-31(33)30(36-25(5)32)29(27)35-21-19-24(4)16-14-15-23(2)3/h15,17-19,22H,6-14,16,20-21H2,1-5H3. The van der Waals surface area contributed by atoms with Gasteiger partial charge in [-0.1, -0.05) is 69.1 Å². The zero-order chi connectivity index (χ0) is 27.0. The Bertz CT molecular complexity index is 1100. The molecule has 1 aromatic carbocycles. The Morgan fingerprint density at radius 2 is 1.59 bits per heavy atom. The highest BCUT2D eigenvalue weighted by Gasteiger charge is 2.20. The smallest absolute Gasteiger partial charge is 0.383 e. The topological polar surface area (TPSA) is 75.0 Å². The van der Waals surface area contributed by atoms with Crippen LogP contribution in [-0.2, 0) is 4.79 Å². The normalized spacial score (nSPS) is 11.4. The zero-order valence-electron chi connectivity index (χ0n) is 23.3. The number of carbonyl (C=O) groups excluding carboxylic acids is 1. The second-order valence-corrected chi connectivity index (χ2v) is 9.80. The second-order valence-electron chi connectivity index (χ2n) is 9.80. The summed E-state index contributed by atoms with van der Waals surface area (Å²) in [5.74, 6) is -0.0253. The third kappa shape index (κ3) is 11.3. The predicted octanol–water partition coefficient (Wildman–Crippen LogP) is 8.31. The van der Waals surface area contributed by atoms with Crippen molar-refractivity contribution in [3.8, 4) is 17.2 Å². The lowest BCUT2D eigenvalue weighted by molar-refractivity contribution is -0.132. The Labute approximate surface area is 221 Å². The summed E-state index contributed by atoms with van der Waals surface area (Å²) < 4.78 is 22.5. The monoisotopic (exact) mass is 512 g/mol. The van der Waals surface area contributed by atoms with E-state index in [0.717, 1.165) is 25.7 Å². The summed E-state index contributed by atoms with van der Waals surface area (Å²) in [5.41, 5.74) is 2.03. The van der Waals surface area contributed by atoms with E-state index in [0.29, 0.717) is 23.3 Å². The van der Waals surface area contributed by atoms with E-state index in [1.54, 1.807) is 12.1 Å². The van der Waals surface area contributed by atoms with Crippen molar-refractivity contribution in [2.24, 2.45) is 0 Å². The summed E-state index contributed by atoms with van der Waals surface area (Å²) in [6, 6.07) is 5.28. The van der Waals surface area contributed by atoms with Crippen molar-refractivity contribution in [2.45, 2.75) is 98.8 Å². The highest BCUT2D eigenvalue weighted by atomic mass is 16.6. The maximum absolute atomic E-state index is 12.6. The number of carbonyl (C=O) groups is 1. The number of benzene rings is 1. The highest BCUT2D eigenvalue weighted by Crippen LogP contribution is 2.35. The third-order valence-electron chi connectivity index (χ3n) is 6.06. The van der Waals surface area contributed by atoms with E-state index in [2.05, 4.69) is 26.8 Å². The second kappa shape index (κ2) is 16.7. The minimum absolute atomic E-state index is 0.199. The molecule has 0 atom stereocenters. The summed E-state index contributed by atoms with van der Waals surface area (Å²) in [4.78, 5) is 24.3. The molecule has 6 heteroatoms. The number of unbranched alkanes of at least 4 members (excludes halogenated alkanes) is 7. The van der Waals surface area contributed by atoms with Gasteiger partial charge in [0.25, 0.3) is 5.75 Å². The van der Waals surface area contributed by atoms with Gasteiger partial charge in [-0.05, 0) is 58.2 Å². The number of fused-ring (bicyclic) bond motifs is 1. The van der Waals surface area contributed by atoms with E-state index in [-0.39, 0.29) is 18.1 Å². The SMILES string of the molecule is CCCCCCCCCCOc1ccc2c(OCC=C(C)CCC=C(C)C)c(OC(C)=O)c(=O)oc2c1. The van der Waals surface area contributed by atoms with Crippen molar-refractivity contribution < 1.29 is 23.4 Å². The molecule has 6 nitrogen and oxygen atoms in total. The van der Waals surface area contributed by atoms with Crippen LogP contribution in [0.2, 0.25) is 0 Å². The Hall–Kier alpha value is -3.02. The number of allylic oxidation sites excluding steroid dienone is 3. The minimum atomic E-state index is -0.762. The van der Waals surface area contributed by atoms with Gasteiger partial charge in [0.05, 0.1) is 12.0 Å². The van der Waals surface area contributed by atoms with Crippen LogP contribution in [0.15, 0.2) is 50.7 Å². The first-order valence-electron chi connectivity index (χ1n) is 13.7. The van der Waals surface area contributed by atoms with Crippen molar-refractivity contribution in [3.63, 3.8) is 0 Å². The van der Waals surface area contributed by atoms with Crippen LogP contribution in [0.3, 0.4) is 0 Å². The quantitative estimate of drug-likeness (QED) is 0.0918. The Morgan fingerprint density at radius 3 is 2.27 bits per heavy atom. The molecule has 0 N–H and O–H groups in total. The lowest BCUT2D eigenvalue weighted by Crippen LogP contribution is -2.13. The van der Waals surface area contributed by atoms with Crippen LogP contribution in [-0.4, -0.2) is 19.2 Å². The van der Waals surface area contributed by atoms with E-state index in [9.17, 15) is 9.59 Å². The number of esters is 1. The highest BCUT2D eigenvalue weighted by molar-refractivity contribution is 5.87. The molecule has 0 unspecified atom stereocenters. The first kappa shape index (κ1) is 30.2. The van der Waals surface area contributed by atoms with E-state index in [1.165, 1.54) is 56.6 Å². The maximum atomic E-state index is 12.6. The van der Waals surface area contributed by atoms with Crippen LogP contribution in [0.1, 0.15) is 98.8 Å². The molecule has 0 saturated carbocycles. The fourth-order valence-corrected chi connectivity index (χ4v) is 3.98. The van der Waals surface area contributed by atoms with Crippen molar-refractivity contribution >= 4 is 16.9 Å². The van der Waals surface area contributed by atoms with E-state index in [4.69, 9.17) is 18.6 Å². The summed E-state index contributed by atoms with van der Waals surface area (Å²) in [6.07, 6.45) is 15.9. The van der Waals surface area contributed by atoms with E-state index >= 15 is 0 Å². The average Bonchev–Trinajstić information content (AvgIpc) is 2.84. The summed E-state index contributed by atoms with van der Waals surface area (Å²) in [7, 11) is 0. The molecule has 1 heterocycles.